The Morgan fingerprint density at radius 2 is 2.13 bits per heavy atom. The van der Waals surface area contributed by atoms with E-state index in [2.05, 4.69) is 0 Å². The van der Waals surface area contributed by atoms with Crippen LogP contribution in [0.2, 0.25) is 0 Å². The van der Waals surface area contributed by atoms with Crippen molar-refractivity contribution >= 4 is 11.9 Å². The average Bonchev–Trinajstić information content (AvgIpc) is 2.20. The molecule has 0 aliphatic carbocycles. The third-order valence-electron chi connectivity index (χ3n) is 2.07. The first kappa shape index (κ1) is 11.3. The zero-order chi connectivity index (χ0) is 11.4. The van der Waals surface area contributed by atoms with Crippen LogP contribution in [0.3, 0.4) is 0 Å². The molecule has 1 aromatic carbocycles. The Bertz CT molecular complexity index is 406. The molecule has 0 aliphatic rings. The number of hydrogen-bond donors (Lipinski definition) is 1. The first-order chi connectivity index (χ1) is 7.11. The van der Waals surface area contributed by atoms with Gasteiger partial charge in [-0.1, -0.05) is 18.2 Å². The fourth-order valence-electron chi connectivity index (χ4n) is 1.48. The smallest absolute Gasteiger partial charge is 0.171 e. The Morgan fingerprint density at radius 3 is 2.60 bits per heavy atom. The number of phenolic OH excluding ortho intramolecular Hbond substituents is 1. The van der Waals surface area contributed by atoms with Crippen molar-refractivity contribution in [3.05, 3.63) is 29.3 Å². The maximum absolute atomic E-state index is 11.4. The fourth-order valence-corrected chi connectivity index (χ4v) is 1.48. The minimum atomic E-state index is -0.129. The van der Waals surface area contributed by atoms with Gasteiger partial charge in [-0.05, 0) is 25.5 Å². The molecule has 0 saturated heterocycles. The van der Waals surface area contributed by atoms with Gasteiger partial charge >= 0.3 is 0 Å². The molecule has 0 unspecified atom stereocenters. The van der Waals surface area contributed by atoms with Crippen LogP contribution in [-0.2, 0) is 0 Å². The van der Waals surface area contributed by atoms with Crippen LogP contribution < -0.4 is 4.74 Å². The van der Waals surface area contributed by atoms with Crippen LogP contribution in [0.5, 0.6) is 11.5 Å². The van der Waals surface area contributed by atoms with Crippen molar-refractivity contribution in [1.29, 1.82) is 0 Å². The Hall–Kier alpha value is -1.77. The first-order valence-corrected chi connectivity index (χ1v) is 4.65. The van der Waals surface area contributed by atoms with E-state index in [1.165, 1.54) is 20.1 Å². The normalized spacial score (nSPS) is 10.6. The van der Waals surface area contributed by atoms with Gasteiger partial charge in [0.1, 0.15) is 0 Å². The number of hydrogen-bond acceptors (Lipinski definition) is 3. The SMILES string of the molecule is CC=Cc1ccc(O)c(OC)c1C(C)=O. The van der Waals surface area contributed by atoms with E-state index in [9.17, 15) is 9.90 Å². The highest BCUT2D eigenvalue weighted by molar-refractivity contribution is 6.01. The molecular formula is C12H14O3. The third-order valence-corrected chi connectivity index (χ3v) is 2.07. The number of phenols is 1. The summed E-state index contributed by atoms with van der Waals surface area (Å²) in [5, 5.41) is 9.53. The molecule has 0 radical (unpaired) electrons. The van der Waals surface area contributed by atoms with Crippen LogP contribution in [-0.4, -0.2) is 18.0 Å². The molecule has 3 heteroatoms. The highest BCUT2D eigenvalue weighted by atomic mass is 16.5. The molecule has 0 heterocycles. The Kier molecular flexibility index (Phi) is 3.50. The van der Waals surface area contributed by atoms with Crippen molar-refractivity contribution in [3.8, 4) is 11.5 Å². The van der Waals surface area contributed by atoms with Gasteiger partial charge in [-0.2, -0.15) is 0 Å². The van der Waals surface area contributed by atoms with Gasteiger partial charge in [0.25, 0.3) is 0 Å². The summed E-state index contributed by atoms with van der Waals surface area (Å²) in [6.07, 6.45) is 3.64. The van der Waals surface area contributed by atoms with E-state index in [4.69, 9.17) is 4.74 Å². The van der Waals surface area contributed by atoms with Gasteiger partial charge in [0, 0.05) is 0 Å². The second-order valence-electron chi connectivity index (χ2n) is 3.14. The highest BCUT2D eigenvalue weighted by Gasteiger charge is 2.15. The Balaban J connectivity index is 3.48. The van der Waals surface area contributed by atoms with Crippen LogP contribution >= 0.6 is 0 Å². The maximum Gasteiger partial charge on any atom is 0.171 e. The number of aromatic hydroxyl groups is 1. The van der Waals surface area contributed by atoms with Crippen LogP contribution in [0.1, 0.15) is 29.8 Å². The number of Topliss-reactive ketones (excluding diaryl/α,β-unsaturated/α-hetero) is 1. The maximum atomic E-state index is 11.4. The van der Waals surface area contributed by atoms with E-state index >= 15 is 0 Å². The topological polar surface area (TPSA) is 46.5 Å². The molecule has 80 valence electrons. The zero-order valence-corrected chi connectivity index (χ0v) is 9.07. The second-order valence-corrected chi connectivity index (χ2v) is 3.14. The van der Waals surface area contributed by atoms with Crippen molar-refractivity contribution in [2.75, 3.05) is 7.11 Å². The molecule has 0 fully saturated rings. The number of ether oxygens (including phenoxy) is 1. The minimum Gasteiger partial charge on any atom is -0.504 e. The minimum absolute atomic E-state index is 0.0176. The van der Waals surface area contributed by atoms with E-state index in [0.29, 0.717) is 5.56 Å². The number of methoxy groups -OCH3 is 1. The lowest BCUT2D eigenvalue weighted by Crippen LogP contribution is -2.00. The monoisotopic (exact) mass is 206 g/mol. The van der Waals surface area contributed by atoms with E-state index in [-0.39, 0.29) is 17.3 Å². The molecule has 3 nitrogen and oxygen atoms in total. The number of allylic oxidation sites excluding steroid dienone is 1. The lowest BCUT2D eigenvalue weighted by molar-refractivity contribution is 0.101. The van der Waals surface area contributed by atoms with E-state index in [1.54, 1.807) is 12.1 Å². The van der Waals surface area contributed by atoms with Crippen LogP contribution in [0.4, 0.5) is 0 Å². The second kappa shape index (κ2) is 4.64. The summed E-state index contributed by atoms with van der Waals surface area (Å²) >= 11 is 0. The van der Waals surface area contributed by atoms with Crippen LogP contribution in [0.15, 0.2) is 18.2 Å². The number of carbonyl (C=O) groups is 1. The number of rotatable bonds is 3. The molecule has 0 amide bonds. The first-order valence-electron chi connectivity index (χ1n) is 4.65. The summed E-state index contributed by atoms with van der Waals surface area (Å²) in [7, 11) is 1.43. The van der Waals surface area contributed by atoms with Crippen molar-refractivity contribution in [2.24, 2.45) is 0 Å². The van der Waals surface area contributed by atoms with E-state index in [1.807, 2.05) is 13.0 Å². The van der Waals surface area contributed by atoms with Gasteiger partial charge in [-0.25, -0.2) is 0 Å². The number of ketones is 1. The molecule has 1 rings (SSSR count). The largest absolute Gasteiger partial charge is 0.504 e. The van der Waals surface area contributed by atoms with Gasteiger partial charge in [0.15, 0.2) is 17.3 Å². The molecule has 0 bridgehead atoms. The van der Waals surface area contributed by atoms with Gasteiger partial charge in [0.05, 0.1) is 12.7 Å². The van der Waals surface area contributed by atoms with Gasteiger partial charge in [0.2, 0.25) is 0 Å². The predicted octanol–water partition coefficient (Wildman–Crippen LogP) is 2.64. The average molecular weight is 206 g/mol. The molecular weight excluding hydrogens is 192 g/mol. The third kappa shape index (κ3) is 2.18. The molecule has 0 aromatic heterocycles. The predicted molar refractivity (Wildman–Crippen MR) is 59.4 cm³/mol. The standard InChI is InChI=1S/C12H14O3/c1-4-5-9-6-7-10(14)12(15-3)11(9)8(2)13/h4-7,14H,1-3H3. The van der Waals surface area contributed by atoms with Crippen molar-refractivity contribution < 1.29 is 14.6 Å². The molecule has 0 spiro atoms. The van der Waals surface area contributed by atoms with E-state index in [0.717, 1.165) is 5.56 Å². The Labute approximate surface area is 89.0 Å². The zero-order valence-electron chi connectivity index (χ0n) is 9.07. The lowest BCUT2D eigenvalue weighted by Gasteiger charge is -2.10. The highest BCUT2D eigenvalue weighted by Crippen LogP contribution is 2.33. The number of carbonyl (C=O) groups excluding carboxylic acids is 1. The molecule has 15 heavy (non-hydrogen) atoms. The molecule has 0 saturated carbocycles. The quantitative estimate of drug-likeness (QED) is 0.773. The summed E-state index contributed by atoms with van der Waals surface area (Å²) in [5.74, 6) is 0.0879. The van der Waals surface area contributed by atoms with Crippen LogP contribution in [0.25, 0.3) is 6.08 Å². The van der Waals surface area contributed by atoms with Crippen molar-refractivity contribution in [1.82, 2.24) is 0 Å². The van der Waals surface area contributed by atoms with Crippen molar-refractivity contribution in [3.63, 3.8) is 0 Å². The summed E-state index contributed by atoms with van der Waals surface area (Å²) in [4.78, 5) is 11.4. The fraction of sp³-hybridized carbons (Fsp3) is 0.250. The molecule has 1 aromatic rings. The summed E-state index contributed by atoms with van der Waals surface area (Å²) in [6.45, 7) is 3.31. The number of benzene rings is 1. The Morgan fingerprint density at radius 1 is 1.47 bits per heavy atom. The van der Waals surface area contributed by atoms with Crippen molar-refractivity contribution in [2.45, 2.75) is 13.8 Å². The van der Waals surface area contributed by atoms with E-state index < -0.39 is 0 Å². The van der Waals surface area contributed by atoms with Gasteiger partial charge in [-0.15, -0.1) is 0 Å². The molecule has 0 aliphatic heterocycles. The van der Waals surface area contributed by atoms with Crippen LogP contribution in [0, 0.1) is 0 Å². The van der Waals surface area contributed by atoms with Gasteiger partial charge < -0.3 is 9.84 Å². The summed E-state index contributed by atoms with van der Waals surface area (Å²) < 4.78 is 5.02. The summed E-state index contributed by atoms with van der Waals surface area (Å²) in [6, 6.07) is 3.20. The molecule has 1 N–H and O–H groups in total. The molecule has 0 atom stereocenters. The lowest BCUT2D eigenvalue weighted by atomic mass is 10.0. The van der Waals surface area contributed by atoms with Gasteiger partial charge in [-0.3, -0.25) is 4.79 Å². The summed E-state index contributed by atoms with van der Waals surface area (Å²) in [5.41, 5.74) is 1.16.